The summed E-state index contributed by atoms with van der Waals surface area (Å²) < 4.78 is 1.05. The molecule has 19 heavy (non-hydrogen) atoms. The molecule has 0 aliphatic carbocycles. The van der Waals surface area contributed by atoms with Gasteiger partial charge in [-0.15, -0.1) is 11.3 Å². The number of aldehydes is 1. The van der Waals surface area contributed by atoms with Crippen LogP contribution >= 0.6 is 22.9 Å². The van der Waals surface area contributed by atoms with Gasteiger partial charge in [0.2, 0.25) is 0 Å². The number of pyridine rings is 1. The molecule has 0 N–H and O–H groups in total. The van der Waals surface area contributed by atoms with Gasteiger partial charge in [-0.2, -0.15) is 0 Å². The second kappa shape index (κ2) is 5.11. The Balaban J connectivity index is 2.22. The third-order valence-electron chi connectivity index (χ3n) is 2.94. The van der Waals surface area contributed by atoms with E-state index < -0.39 is 0 Å². The predicted molar refractivity (Wildman–Crippen MR) is 79.8 cm³/mol. The largest absolute Gasteiger partial charge is 0.303 e. The van der Waals surface area contributed by atoms with Gasteiger partial charge in [-0.05, 0) is 17.2 Å². The third-order valence-corrected chi connectivity index (χ3v) is 4.50. The van der Waals surface area contributed by atoms with E-state index in [-0.39, 0.29) is 0 Å². The molecule has 2 heterocycles. The first-order valence-corrected chi connectivity index (χ1v) is 7.05. The van der Waals surface area contributed by atoms with Crippen molar-refractivity contribution in [2.45, 2.75) is 6.42 Å². The van der Waals surface area contributed by atoms with Gasteiger partial charge in [-0.1, -0.05) is 41.9 Å². The van der Waals surface area contributed by atoms with Crippen molar-refractivity contribution >= 4 is 39.3 Å². The molecule has 3 rings (SSSR count). The van der Waals surface area contributed by atoms with Crippen molar-refractivity contribution in [2.24, 2.45) is 0 Å². The van der Waals surface area contributed by atoms with Gasteiger partial charge < -0.3 is 4.79 Å². The van der Waals surface area contributed by atoms with E-state index in [1.165, 1.54) is 0 Å². The van der Waals surface area contributed by atoms with Gasteiger partial charge in [-0.3, -0.25) is 0 Å². The average molecular weight is 288 g/mol. The van der Waals surface area contributed by atoms with Crippen molar-refractivity contribution in [3.05, 3.63) is 53.3 Å². The minimum absolute atomic E-state index is 0.370. The Morgan fingerprint density at radius 3 is 2.79 bits per heavy atom. The number of aromatic nitrogens is 1. The van der Waals surface area contributed by atoms with Crippen LogP contribution in [-0.4, -0.2) is 11.3 Å². The number of rotatable bonds is 3. The molecule has 0 saturated carbocycles. The molecule has 2 aromatic heterocycles. The lowest BCUT2D eigenvalue weighted by Crippen LogP contribution is -1.88. The first kappa shape index (κ1) is 12.3. The molecule has 0 bridgehead atoms. The number of nitrogens with zero attached hydrogens (tertiary/aromatic N) is 1. The van der Waals surface area contributed by atoms with E-state index in [1.54, 1.807) is 17.5 Å². The molecule has 0 atom stereocenters. The lowest BCUT2D eigenvalue weighted by molar-refractivity contribution is -0.107. The Morgan fingerprint density at radius 1 is 1.26 bits per heavy atom. The van der Waals surface area contributed by atoms with Crippen molar-refractivity contribution in [1.82, 2.24) is 4.98 Å². The molecule has 0 aliphatic heterocycles. The Hall–Kier alpha value is -1.71. The SMILES string of the molecule is O=CCc1cnc(Cl)c2cc(-c3ccccc3)sc12. The summed E-state index contributed by atoms with van der Waals surface area (Å²) in [6.07, 6.45) is 2.95. The first-order chi connectivity index (χ1) is 9.29. The summed E-state index contributed by atoms with van der Waals surface area (Å²) in [6, 6.07) is 12.2. The summed E-state index contributed by atoms with van der Waals surface area (Å²) >= 11 is 7.78. The second-order valence-electron chi connectivity index (χ2n) is 4.16. The highest BCUT2D eigenvalue weighted by Gasteiger charge is 2.11. The normalized spacial score (nSPS) is 10.8. The number of fused-ring (bicyclic) bond motifs is 1. The minimum atomic E-state index is 0.370. The lowest BCUT2D eigenvalue weighted by atomic mass is 10.1. The van der Waals surface area contributed by atoms with Crippen LogP contribution < -0.4 is 0 Å². The van der Waals surface area contributed by atoms with Crippen LogP contribution in [0, 0.1) is 0 Å². The molecule has 3 aromatic rings. The second-order valence-corrected chi connectivity index (χ2v) is 5.57. The predicted octanol–water partition coefficient (Wildman–Crippen LogP) is 4.36. The Kier molecular flexibility index (Phi) is 3.32. The van der Waals surface area contributed by atoms with Gasteiger partial charge in [0.1, 0.15) is 11.4 Å². The van der Waals surface area contributed by atoms with Crippen molar-refractivity contribution < 1.29 is 4.79 Å². The maximum absolute atomic E-state index is 10.7. The monoisotopic (exact) mass is 287 g/mol. The van der Waals surface area contributed by atoms with Gasteiger partial charge in [-0.25, -0.2) is 4.98 Å². The van der Waals surface area contributed by atoms with Crippen LogP contribution in [0.25, 0.3) is 20.5 Å². The number of benzene rings is 1. The van der Waals surface area contributed by atoms with E-state index in [1.807, 2.05) is 24.3 Å². The molecule has 0 radical (unpaired) electrons. The minimum Gasteiger partial charge on any atom is -0.303 e. The number of carbonyl (C=O) groups excluding carboxylic acids is 1. The molecule has 0 saturated heterocycles. The van der Waals surface area contributed by atoms with E-state index in [9.17, 15) is 4.79 Å². The smallest absolute Gasteiger partial charge is 0.137 e. The standard InChI is InChI=1S/C15H10ClNOS/c16-15-12-8-13(10-4-2-1-3-5-10)19-14(12)11(6-7-18)9-17-15/h1-5,7-9H,6H2. The molecular weight excluding hydrogens is 278 g/mol. The number of halogens is 1. The number of thiophene rings is 1. The highest BCUT2D eigenvalue weighted by atomic mass is 35.5. The number of hydrogen-bond acceptors (Lipinski definition) is 3. The highest BCUT2D eigenvalue weighted by Crippen LogP contribution is 2.37. The summed E-state index contributed by atoms with van der Waals surface area (Å²) in [5, 5.41) is 1.41. The van der Waals surface area contributed by atoms with Crippen molar-refractivity contribution in [3.8, 4) is 10.4 Å². The zero-order valence-electron chi connectivity index (χ0n) is 9.97. The van der Waals surface area contributed by atoms with Crippen molar-refractivity contribution in [1.29, 1.82) is 0 Å². The zero-order chi connectivity index (χ0) is 13.2. The zero-order valence-corrected chi connectivity index (χ0v) is 11.5. The van der Waals surface area contributed by atoms with Crippen LogP contribution in [0.1, 0.15) is 5.56 Å². The van der Waals surface area contributed by atoms with Crippen LogP contribution in [0.2, 0.25) is 5.15 Å². The fourth-order valence-electron chi connectivity index (χ4n) is 2.03. The maximum Gasteiger partial charge on any atom is 0.137 e. The number of carbonyl (C=O) groups is 1. The van der Waals surface area contributed by atoms with Gasteiger partial charge in [0, 0.05) is 27.6 Å². The molecule has 2 nitrogen and oxygen atoms in total. The summed E-state index contributed by atoms with van der Waals surface area (Å²) in [5.41, 5.74) is 2.08. The fraction of sp³-hybridized carbons (Fsp3) is 0.0667. The molecule has 94 valence electrons. The summed E-state index contributed by atoms with van der Waals surface area (Å²) in [4.78, 5) is 16.0. The number of hydrogen-bond donors (Lipinski definition) is 0. The van der Waals surface area contributed by atoms with E-state index in [4.69, 9.17) is 11.6 Å². The molecule has 0 aliphatic rings. The Labute approximate surface area is 119 Å². The average Bonchev–Trinajstić information content (AvgIpc) is 2.89. The van der Waals surface area contributed by atoms with Crippen molar-refractivity contribution in [3.63, 3.8) is 0 Å². The highest BCUT2D eigenvalue weighted by molar-refractivity contribution is 7.22. The molecular formula is C15H10ClNOS. The fourth-order valence-corrected chi connectivity index (χ4v) is 3.46. The molecule has 1 aromatic carbocycles. The molecule has 0 spiro atoms. The van der Waals surface area contributed by atoms with Gasteiger partial charge in [0.25, 0.3) is 0 Å². The molecule has 4 heteroatoms. The van der Waals surface area contributed by atoms with E-state index in [2.05, 4.69) is 17.1 Å². The van der Waals surface area contributed by atoms with Crippen LogP contribution in [0.4, 0.5) is 0 Å². The van der Waals surface area contributed by atoms with Gasteiger partial charge in [0.05, 0.1) is 0 Å². The van der Waals surface area contributed by atoms with Crippen LogP contribution in [0.3, 0.4) is 0 Å². The van der Waals surface area contributed by atoms with E-state index in [0.29, 0.717) is 11.6 Å². The van der Waals surface area contributed by atoms with E-state index in [0.717, 1.165) is 32.4 Å². The lowest BCUT2D eigenvalue weighted by Gasteiger charge is -1.98. The molecule has 0 fully saturated rings. The third kappa shape index (κ3) is 2.27. The van der Waals surface area contributed by atoms with Gasteiger partial charge >= 0.3 is 0 Å². The first-order valence-electron chi connectivity index (χ1n) is 5.85. The quantitative estimate of drug-likeness (QED) is 0.529. The summed E-state index contributed by atoms with van der Waals surface area (Å²) in [6.45, 7) is 0. The Morgan fingerprint density at radius 2 is 2.05 bits per heavy atom. The van der Waals surface area contributed by atoms with Crippen molar-refractivity contribution in [2.75, 3.05) is 0 Å². The van der Waals surface area contributed by atoms with E-state index >= 15 is 0 Å². The van der Waals surface area contributed by atoms with Gasteiger partial charge in [0.15, 0.2) is 0 Å². The summed E-state index contributed by atoms with van der Waals surface area (Å²) in [5.74, 6) is 0. The van der Waals surface area contributed by atoms with Crippen LogP contribution in [-0.2, 0) is 11.2 Å². The summed E-state index contributed by atoms with van der Waals surface area (Å²) in [7, 11) is 0. The topological polar surface area (TPSA) is 30.0 Å². The van der Waals surface area contributed by atoms with Crippen LogP contribution in [0.5, 0.6) is 0 Å². The Bertz CT molecular complexity index is 736. The maximum atomic E-state index is 10.7. The molecule has 0 unspecified atom stereocenters. The molecule has 0 amide bonds. The van der Waals surface area contributed by atoms with Crippen LogP contribution in [0.15, 0.2) is 42.6 Å².